The van der Waals surface area contributed by atoms with E-state index in [2.05, 4.69) is 4.90 Å². The Balaban J connectivity index is 2.03. The molecule has 0 saturated heterocycles. The van der Waals surface area contributed by atoms with Gasteiger partial charge in [-0.3, -0.25) is 0 Å². The van der Waals surface area contributed by atoms with E-state index in [1.807, 2.05) is 55.5 Å². The molecule has 0 radical (unpaired) electrons. The van der Waals surface area contributed by atoms with Gasteiger partial charge in [-0.15, -0.1) is 0 Å². The molecule has 0 aliphatic heterocycles. The first-order chi connectivity index (χ1) is 11.5. The van der Waals surface area contributed by atoms with Crippen LogP contribution in [0.25, 0.3) is 11.0 Å². The molecule has 1 N–H and O–H groups in total. The zero-order valence-electron chi connectivity index (χ0n) is 13.9. The van der Waals surface area contributed by atoms with Gasteiger partial charge in [-0.05, 0) is 43.2 Å². The maximum absolute atomic E-state index is 11.9. The van der Waals surface area contributed by atoms with Gasteiger partial charge < -0.3 is 14.4 Å². The van der Waals surface area contributed by atoms with Crippen molar-refractivity contribution in [1.29, 1.82) is 0 Å². The van der Waals surface area contributed by atoms with Crippen molar-refractivity contribution in [1.82, 2.24) is 0 Å². The van der Waals surface area contributed by atoms with Crippen LogP contribution in [0.2, 0.25) is 0 Å². The first kappa shape index (κ1) is 16.3. The average molecular weight is 323 g/mol. The minimum atomic E-state index is -0.473. The largest absolute Gasteiger partial charge is 0.423 e. The number of aryl methyl sites for hydroxylation is 1. The third kappa shape index (κ3) is 3.66. The summed E-state index contributed by atoms with van der Waals surface area (Å²) >= 11 is 0. The third-order valence-electron chi connectivity index (χ3n) is 3.95. The predicted octanol–water partition coefficient (Wildman–Crippen LogP) is 3.49. The van der Waals surface area contributed by atoms with Crippen LogP contribution in [0, 0.1) is 6.92 Å². The van der Waals surface area contributed by atoms with E-state index >= 15 is 0 Å². The smallest absolute Gasteiger partial charge is 0.336 e. The zero-order chi connectivity index (χ0) is 17.1. The number of benzene rings is 2. The maximum Gasteiger partial charge on any atom is 0.336 e. The summed E-state index contributed by atoms with van der Waals surface area (Å²) in [7, 11) is 0. The first-order valence-electron chi connectivity index (χ1n) is 8.04. The first-order valence-corrected chi connectivity index (χ1v) is 8.04. The summed E-state index contributed by atoms with van der Waals surface area (Å²) in [6, 6.07) is 17.3. The van der Waals surface area contributed by atoms with E-state index in [1.165, 1.54) is 6.07 Å². The number of anilines is 1. The molecule has 24 heavy (non-hydrogen) atoms. The minimum Gasteiger partial charge on any atom is -0.423 e. The highest BCUT2D eigenvalue weighted by molar-refractivity contribution is 5.81. The SMILES string of the molecule is Cc1ccc2c(CN(C[C@@H](C)O)c3ccccc3)cc(=O)oc2c1. The number of aliphatic hydroxyl groups excluding tert-OH is 1. The Morgan fingerprint density at radius 1 is 1.12 bits per heavy atom. The van der Waals surface area contributed by atoms with Crippen LogP contribution in [0.1, 0.15) is 18.1 Å². The lowest BCUT2D eigenvalue weighted by Gasteiger charge is -2.26. The van der Waals surface area contributed by atoms with Crippen molar-refractivity contribution in [3.8, 4) is 0 Å². The van der Waals surface area contributed by atoms with Gasteiger partial charge in [0.1, 0.15) is 5.58 Å². The molecule has 0 saturated carbocycles. The molecule has 124 valence electrons. The van der Waals surface area contributed by atoms with Gasteiger partial charge in [-0.2, -0.15) is 0 Å². The molecule has 0 unspecified atom stereocenters. The molecule has 0 spiro atoms. The van der Waals surface area contributed by atoms with Crippen molar-refractivity contribution in [2.24, 2.45) is 0 Å². The fraction of sp³-hybridized carbons (Fsp3) is 0.250. The number of rotatable bonds is 5. The molecule has 1 aromatic heterocycles. The van der Waals surface area contributed by atoms with Crippen molar-refractivity contribution < 1.29 is 9.52 Å². The molecular weight excluding hydrogens is 302 g/mol. The molecule has 4 heteroatoms. The van der Waals surface area contributed by atoms with E-state index < -0.39 is 6.10 Å². The monoisotopic (exact) mass is 323 g/mol. The number of para-hydroxylation sites is 1. The molecule has 1 atom stereocenters. The summed E-state index contributed by atoms with van der Waals surface area (Å²) in [4.78, 5) is 14.0. The molecule has 3 aromatic rings. The van der Waals surface area contributed by atoms with Crippen molar-refractivity contribution >= 4 is 16.7 Å². The molecule has 0 fully saturated rings. The van der Waals surface area contributed by atoms with E-state index in [0.717, 1.165) is 22.2 Å². The number of fused-ring (bicyclic) bond motifs is 1. The van der Waals surface area contributed by atoms with Gasteiger partial charge in [0.15, 0.2) is 0 Å². The second kappa shape index (κ2) is 6.89. The van der Waals surface area contributed by atoms with Gasteiger partial charge >= 0.3 is 5.63 Å². The standard InChI is InChI=1S/C20H21NO3/c1-14-8-9-18-16(11-20(23)24-19(18)10-14)13-21(12-15(2)22)17-6-4-3-5-7-17/h3-11,15,22H,12-13H2,1-2H3/t15-/m1/s1. The second-order valence-electron chi connectivity index (χ2n) is 6.16. The number of nitrogens with zero attached hydrogens (tertiary/aromatic N) is 1. The normalized spacial score (nSPS) is 12.3. The summed E-state index contributed by atoms with van der Waals surface area (Å²) in [5.41, 5.74) is 3.19. The molecule has 4 nitrogen and oxygen atoms in total. The maximum atomic E-state index is 11.9. The highest BCUT2D eigenvalue weighted by Gasteiger charge is 2.13. The van der Waals surface area contributed by atoms with E-state index in [0.29, 0.717) is 18.7 Å². The number of aliphatic hydroxyl groups is 1. The summed E-state index contributed by atoms with van der Waals surface area (Å²) in [5.74, 6) is 0. The Hall–Kier alpha value is -2.59. The minimum absolute atomic E-state index is 0.354. The number of hydrogen-bond acceptors (Lipinski definition) is 4. The van der Waals surface area contributed by atoms with Crippen LogP contribution in [0.15, 0.2) is 63.8 Å². The molecule has 3 rings (SSSR count). The van der Waals surface area contributed by atoms with Crippen LogP contribution >= 0.6 is 0 Å². The fourth-order valence-corrected chi connectivity index (χ4v) is 2.89. The second-order valence-corrected chi connectivity index (χ2v) is 6.16. The van der Waals surface area contributed by atoms with Crippen LogP contribution in [0.5, 0.6) is 0 Å². The van der Waals surface area contributed by atoms with Crippen LogP contribution in [-0.4, -0.2) is 17.8 Å². The van der Waals surface area contributed by atoms with Gasteiger partial charge in [0.05, 0.1) is 6.10 Å². The third-order valence-corrected chi connectivity index (χ3v) is 3.95. The summed E-state index contributed by atoms with van der Waals surface area (Å²) in [6.45, 7) is 4.74. The summed E-state index contributed by atoms with van der Waals surface area (Å²) in [6.07, 6.45) is -0.473. The van der Waals surface area contributed by atoms with Gasteiger partial charge in [-0.25, -0.2) is 4.79 Å². The zero-order valence-corrected chi connectivity index (χ0v) is 13.9. The Morgan fingerprint density at radius 2 is 1.88 bits per heavy atom. The van der Waals surface area contributed by atoms with E-state index in [-0.39, 0.29) is 5.63 Å². The summed E-state index contributed by atoms with van der Waals surface area (Å²) < 4.78 is 5.33. The molecule has 1 heterocycles. The van der Waals surface area contributed by atoms with Crippen LogP contribution in [0.3, 0.4) is 0 Å². The lowest BCUT2D eigenvalue weighted by atomic mass is 10.1. The fourth-order valence-electron chi connectivity index (χ4n) is 2.89. The van der Waals surface area contributed by atoms with Crippen LogP contribution < -0.4 is 10.5 Å². The van der Waals surface area contributed by atoms with Crippen LogP contribution in [-0.2, 0) is 6.54 Å². The average Bonchev–Trinajstić information content (AvgIpc) is 2.54. The Bertz CT molecular complexity index is 884. The van der Waals surface area contributed by atoms with Crippen molar-refractivity contribution in [2.45, 2.75) is 26.5 Å². The van der Waals surface area contributed by atoms with Crippen molar-refractivity contribution in [2.75, 3.05) is 11.4 Å². The quantitative estimate of drug-likeness (QED) is 0.730. The van der Waals surface area contributed by atoms with Crippen molar-refractivity contribution in [3.63, 3.8) is 0 Å². The highest BCUT2D eigenvalue weighted by atomic mass is 16.4. The van der Waals surface area contributed by atoms with Gasteiger partial charge in [0.25, 0.3) is 0 Å². The molecular formula is C20H21NO3. The Labute approximate surface area is 141 Å². The topological polar surface area (TPSA) is 53.7 Å². The predicted molar refractivity (Wildman–Crippen MR) is 96.4 cm³/mol. The summed E-state index contributed by atoms with van der Waals surface area (Å²) in [5, 5.41) is 10.8. The molecule has 0 aliphatic carbocycles. The van der Waals surface area contributed by atoms with E-state index in [9.17, 15) is 9.90 Å². The molecule has 0 amide bonds. The van der Waals surface area contributed by atoms with Gasteiger partial charge in [0, 0.05) is 30.2 Å². The van der Waals surface area contributed by atoms with E-state index in [1.54, 1.807) is 6.92 Å². The Kier molecular flexibility index (Phi) is 4.67. The van der Waals surface area contributed by atoms with Crippen LogP contribution in [0.4, 0.5) is 5.69 Å². The van der Waals surface area contributed by atoms with Gasteiger partial charge in [-0.1, -0.05) is 30.3 Å². The van der Waals surface area contributed by atoms with Gasteiger partial charge in [0.2, 0.25) is 0 Å². The lowest BCUT2D eigenvalue weighted by Crippen LogP contribution is -2.30. The van der Waals surface area contributed by atoms with E-state index in [4.69, 9.17) is 4.42 Å². The molecule has 0 bridgehead atoms. The highest BCUT2D eigenvalue weighted by Crippen LogP contribution is 2.23. The number of hydrogen-bond donors (Lipinski definition) is 1. The molecule has 0 aliphatic rings. The molecule has 2 aromatic carbocycles. The van der Waals surface area contributed by atoms with Crippen molar-refractivity contribution in [3.05, 3.63) is 76.1 Å². The lowest BCUT2D eigenvalue weighted by molar-refractivity contribution is 0.199. The Morgan fingerprint density at radius 3 is 2.58 bits per heavy atom.